The molecule has 1 aromatic carbocycles. The van der Waals surface area contributed by atoms with E-state index in [0.717, 1.165) is 36.8 Å². The van der Waals surface area contributed by atoms with Crippen LogP contribution in [0.1, 0.15) is 62.3 Å². The van der Waals surface area contributed by atoms with Gasteiger partial charge in [0, 0.05) is 18.5 Å². The molecule has 1 amide bonds. The van der Waals surface area contributed by atoms with Crippen molar-refractivity contribution in [1.29, 1.82) is 0 Å². The lowest BCUT2D eigenvalue weighted by Gasteiger charge is -2.11. The number of amides is 1. The number of carbonyl (C=O) groups excluding carboxylic acids is 1. The zero-order chi connectivity index (χ0) is 17.9. The van der Waals surface area contributed by atoms with Gasteiger partial charge in [0.05, 0.1) is 5.75 Å². The lowest BCUT2D eigenvalue weighted by Crippen LogP contribution is -2.33. The Morgan fingerprint density at radius 3 is 2.69 bits per heavy atom. The van der Waals surface area contributed by atoms with Crippen LogP contribution in [-0.4, -0.2) is 32.5 Å². The van der Waals surface area contributed by atoms with Crippen LogP contribution in [0.3, 0.4) is 0 Å². The largest absolute Gasteiger partial charge is 0.353 e. The van der Waals surface area contributed by atoms with Crippen LogP contribution in [0.15, 0.2) is 35.5 Å². The highest BCUT2D eigenvalue weighted by atomic mass is 32.2. The van der Waals surface area contributed by atoms with E-state index in [4.69, 9.17) is 0 Å². The van der Waals surface area contributed by atoms with Crippen molar-refractivity contribution in [2.75, 3.05) is 5.75 Å². The van der Waals surface area contributed by atoms with Crippen LogP contribution >= 0.6 is 11.8 Å². The fourth-order valence-corrected chi connectivity index (χ4v) is 4.82. The third kappa shape index (κ3) is 3.80. The van der Waals surface area contributed by atoms with Crippen LogP contribution in [0.5, 0.6) is 0 Å². The highest BCUT2D eigenvalue weighted by Crippen LogP contribution is 2.54. The minimum Gasteiger partial charge on any atom is -0.353 e. The summed E-state index contributed by atoms with van der Waals surface area (Å²) in [5.41, 5.74) is 1.38. The first-order chi connectivity index (χ1) is 12.8. The first kappa shape index (κ1) is 17.6. The molecule has 2 saturated carbocycles. The van der Waals surface area contributed by atoms with Crippen molar-refractivity contribution in [3.63, 3.8) is 0 Å². The molecular formula is C20H26N4OS. The second kappa shape index (κ2) is 7.82. The van der Waals surface area contributed by atoms with Crippen LogP contribution < -0.4 is 5.32 Å². The molecule has 2 aliphatic rings. The van der Waals surface area contributed by atoms with E-state index in [0.29, 0.717) is 23.6 Å². The van der Waals surface area contributed by atoms with Crippen molar-refractivity contribution >= 4 is 17.7 Å². The van der Waals surface area contributed by atoms with Gasteiger partial charge in [0.2, 0.25) is 5.91 Å². The molecule has 4 rings (SSSR count). The van der Waals surface area contributed by atoms with Gasteiger partial charge in [-0.2, -0.15) is 0 Å². The number of hydrogen-bond acceptors (Lipinski definition) is 4. The number of benzene rings is 1. The Hall–Kier alpha value is -1.82. The van der Waals surface area contributed by atoms with Gasteiger partial charge in [-0.15, -0.1) is 10.2 Å². The molecule has 1 heterocycles. The molecule has 2 aromatic rings. The molecule has 2 atom stereocenters. The van der Waals surface area contributed by atoms with E-state index in [1.54, 1.807) is 0 Å². The molecule has 2 aliphatic carbocycles. The quantitative estimate of drug-likeness (QED) is 0.755. The molecule has 0 saturated heterocycles. The molecule has 26 heavy (non-hydrogen) atoms. The molecule has 2 fully saturated rings. The van der Waals surface area contributed by atoms with Crippen molar-refractivity contribution < 1.29 is 4.79 Å². The number of thioether (sulfide) groups is 1. The van der Waals surface area contributed by atoms with Crippen LogP contribution in [0.2, 0.25) is 0 Å². The van der Waals surface area contributed by atoms with Gasteiger partial charge in [-0.1, -0.05) is 54.9 Å². The number of hydrogen-bond donors (Lipinski definition) is 1. The van der Waals surface area contributed by atoms with Crippen molar-refractivity contribution in [2.24, 2.45) is 0 Å². The first-order valence-corrected chi connectivity index (χ1v) is 10.6. The highest BCUT2D eigenvalue weighted by Gasteiger charge is 2.43. The minimum atomic E-state index is 0.114. The lowest BCUT2D eigenvalue weighted by molar-refractivity contribution is -0.119. The third-order valence-electron chi connectivity index (χ3n) is 5.46. The van der Waals surface area contributed by atoms with Gasteiger partial charge in [0.1, 0.15) is 5.82 Å². The smallest absolute Gasteiger partial charge is 0.230 e. The summed E-state index contributed by atoms with van der Waals surface area (Å²) >= 11 is 1.50. The first-order valence-electron chi connectivity index (χ1n) is 9.66. The summed E-state index contributed by atoms with van der Waals surface area (Å²) in [6, 6.07) is 11.0. The summed E-state index contributed by atoms with van der Waals surface area (Å²) in [5.74, 6) is 2.60. The number of carbonyl (C=O) groups is 1. The molecule has 1 aromatic heterocycles. The molecule has 0 aliphatic heterocycles. The van der Waals surface area contributed by atoms with E-state index in [-0.39, 0.29) is 5.91 Å². The molecule has 6 heteroatoms. The monoisotopic (exact) mass is 370 g/mol. The molecule has 0 radical (unpaired) electrons. The van der Waals surface area contributed by atoms with Crippen LogP contribution in [0.4, 0.5) is 0 Å². The highest BCUT2D eigenvalue weighted by molar-refractivity contribution is 7.99. The summed E-state index contributed by atoms with van der Waals surface area (Å²) in [5, 5.41) is 12.8. The van der Waals surface area contributed by atoms with Gasteiger partial charge < -0.3 is 9.88 Å². The standard InChI is InChI=1S/C20H26N4OS/c1-2-24-19(17-12-16(17)14-8-4-3-5-9-14)22-23-20(24)26-13-18(25)21-15-10-6-7-11-15/h3-5,8-9,15-17H,2,6-7,10-13H2,1H3,(H,21,25). The zero-order valence-electron chi connectivity index (χ0n) is 15.2. The third-order valence-corrected chi connectivity index (χ3v) is 6.43. The SMILES string of the molecule is CCn1c(SCC(=O)NC2CCCC2)nnc1C1CC1c1ccccc1. The summed E-state index contributed by atoms with van der Waals surface area (Å²) < 4.78 is 2.18. The summed E-state index contributed by atoms with van der Waals surface area (Å²) in [6.45, 7) is 2.96. The topological polar surface area (TPSA) is 59.8 Å². The average molecular weight is 371 g/mol. The molecule has 2 unspecified atom stereocenters. The fourth-order valence-electron chi connectivity index (χ4n) is 4.00. The Kier molecular flexibility index (Phi) is 5.29. The van der Waals surface area contributed by atoms with Crippen LogP contribution in [0.25, 0.3) is 0 Å². The van der Waals surface area contributed by atoms with Crippen molar-refractivity contribution in [2.45, 2.75) is 68.6 Å². The summed E-state index contributed by atoms with van der Waals surface area (Å²) in [4.78, 5) is 12.2. The van der Waals surface area contributed by atoms with Gasteiger partial charge in [0.15, 0.2) is 5.16 Å². The van der Waals surface area contributed by atoms with Crippen molar-refractivity contribution in [3.8, 4) is 0 Å². The lowest BCUT2D eigenvalue weighted by atomic mass is 10.1. The maximum atomic E-state index is 12.2. The number of aromatic nitrogens is 3. The van der Waals surface area contributed by atoms with Crippen molar-refractivity contribution in [3.05, 3.63) is 41.7 Å². The fraction of sp³-hybridized carbons (Fsp3) is 0.550. The van der Waals surface area contributed by atoms with Crippen LogP contribution in [0, 0.1) is 0 Å². The normalized spacial score (nSPS) is 22.5. The van der Waals surface area contributed by atoms with Crippen molar-refractivity contribution in [1.82, 2.24) is 20.1 Å². The van der Waals surface area contributed by atoms with E-state index in [1.807, 2.05) is 0 Å². The summed E-state index contributed by atoms with van der Waals surface area (Å²) in [7, 11) is 0. The van der Waals surface area contributed by atoms with E-state index >= 15 is 0 Å². The molecule has 0 bridgehead atoms. The molecule has 138 valence electrons. The van der Waals surface area contributed by atoms with E-state index in [2.05, 4.69) is 57.3 Å². The van der Waals surface area contributed by atoms with E-state index in [9.17, 15) is 4.79 Å². The Morgan fingerprint density at radius 2 is 1.96 bits per heavy atom. The molecule has 1 N–H and O–H groups in total. The Bertz CT molecular complexity index is 754. The number of nitrogens with zero attached hydrogens (tertiary/aromatic N) is 3. The average Bonchev–Trinajstić information content (AvgIpc) is 3.09. The Balaban J connectivity index is 1.37. The maximum absolute atomic E-state index is 12.2. The molecular weight excluding hydrogens is 344 g/mol. The van der Waals surface area contributed by atoms with E-state index in [1.165, 1.54) is 30.2 Å². The molecule has 0 spiro atoms. The Labute approximate surface area is 159 Å². The van der Waals surface area contributed by atoms with Gasteiger partial charge in [-0.05, 0) is 37.7 Å². The molecule has 5 nitrogen and oxygen atoms in total. The minimum absolute atomic E-state index is 0.114. The number of rotatable bonds is 7. The Morgan fingerprint density at radius 1 is 1.19 bits per heavy atom. The van der Waals surface area contributed by atoms with Gasteiger partial charge in [-0.25, -0.2) is 0 Å². The second-order valence-electron chi connectivity index (χ2n) is 7.28. The predicted molar refractivity (Wildman–Crippen MR) is 103 cm³/mol. The van der Waals surface area contributed by atoms with E-state index < -0.39 is 0 Å². The maximum Gasteiger partial charge on any atom is 0.230 e. The number of nitrogens with one attached hydrogen (secondary N) is 1. The van der Waals surface area contributed by atoms with Gasteiger partial charge in [-0.3, -0.25) is 4.79 Å². The van der Waals surface area contributed by atoms with Gasteiger partial charge >= 0.3 is 0 Å². The van der Waals surface area contributed by atoms with Crippen LogP contribution in [-0.2, 0) is 11.3 Å². The predicted octanol–water partition coefficient (Wildman–Crippen LogP) is 3.72. The zero-order valence-corrected chi connectivity index (χ0v) is 16.0. The summed E-state index contributed by atoms with van der Waals surface area (Å²) in [6.07, 6.45) is 5.84. The van der Waals surface area contributed by atoms with Gasteiger partial charge in [0.25, 0.3) is 0 Å². The second-order valence-corrected chi connectivity index (χ2v) is 8.22.